The molecule has 0 aliphatic carbocycles. The first-order chi connectivity index (χ1) is 4.88. The Morgan fingerprint density at radius 3 is 2.00 bits per heavy atom. The third-order valence-electron chi connectivity index (χ3n) is 1.77. The Balaban J connectivity index is 0. The second kappa shape index (κ2) is 5.38. The van der Waals surface area contributed by atoms with Crippen LogP contribution in [0.15, 0.2) is 0 Å². The van der Waals surface area contributed by atoms with Gasteiger partial charge in [-0.3, -0.25) is 4.79 Å². The lowest BCUT2D eigenvalue weighted by molar-refractivity contribution is -0.138. The second-order valence-electron chi connectivity index (χ2n) is 3.81. The number of carboxylic acid groups (broad SMARTS) is 1. The van der Waals surface area contributed by atoms with Crippen molar-refractivity contribution in [3.63, 3.8) is 0 Å². The van der Waals surface area contributed by atoms with Gasteiger partial charge in [0.05, 0.1) is 6.42 Å². The molecule has 0 rings (SSSR count). The second-order valence-corrected chi connectivity index (χ2v) is 3.81. The fraction of sp³-hybridized carbons (Fsp3) is 0.875. The third-order valence-corrected chi connectivity index (χ3v) is 1.77. The molecule has 12 heavy (non-hydrogen) atoms. The molecule has 0 saturated heterocycles. The van der Waals surface area contributed by atoms with E-state index in [4.69, 9.17) is 5.11 Å². The van der Waals surface area contributed by atoms with Crippen molar-refractivity contribution in [3.05, 3.63) is 0 Å². The molecule has 0 heterocycles. The molecular weight excluding hydrogens is 178 g/mol. The van der Waals surface area contributed by atoms with E-state index in [1.54, 1.807) is 7.05 Å². The quantitative estimate of drug-likeness (QED) is 0.718. The Hall–Kier alpha value is -0.280. The Labute approximate surface area is 80.0 Å². The normalized spacial score (nSPS) is 13.3. The van der Waals surface area contributed by atoms with Crippen molar-refractivity contribution in [2.24, 2.45) is 5.41 Å². The number of hydrogen-bond acceptors (Lipinski definition) is 2. The third kappa shape index (κ3) is 5.38. The number of rotatable bonds is 3. The fourth-order valence-corrected chi connectivity index (χ4v) is 1.02. The van der Waals surface area contributed by atoms with Crippen LogP contribution >= 0.6 is 12.4 Å². The van der Waals surface area contributed by atoms with Gasteiger partial charge in [0, 0.05) is 6.04 Å². The number of carbonyl (C=O) groups is 1. The van der Waals surface area contributed by atoms with Crippen molar-refractivity contribution < 1.29 is 9.90 Å². The molecule has 2 N–H and O–H groups in total. The Morgan fingerprint density at radius 1 is 1.50 bits per heavy atom. The molecule has 4 heteroatoms. The largest absolute Gasteiger partial charge is 0.481 e. The molecule has 0 aromatic heterocycles. The standard InChI is InChI=1S/C8H17NO2.ClH/c1-8(2,3)6(9-4)5-7(10)11;/h6,9H,5H2,1-4H3,(H,10,11);1H/t6-;/m0./s1. The molecule has 0 fully saturated rings. The van der Waals surface area contributed by atoms with E-state index >= 15 is 0 Å². The van der Waals surface area contributed by atoms with Crippen LogP contribution in [0.2, 0.25) is 0 Å². The minimum atomic E-state index is -0.751. The molecule has 0 radical (unpaired) electrons. The van der Waals surface area contributed by atoms with E-state index in [9.17, 15) is 4.79 Å². The van der Waals surface area contributed by atoms with Crippen molar-refractivity contribution in [1.82, 2.24) is 5.32 Å². The van der Waals surface area contributed by atoms with E-state index in [0.717, 1.165) is 0 Å². The molecule has 0 spiro atoms. The predicted molar refractivity (Wildman–Crippen MR) is 51.8 cm³/mol. The molecule has 0 aliphatic heterocycles. The van der Waals surface area contributed by atoms with Gasteiger partial charge in [0.1, 0.15) is 0 Å². The van der Waals surface area contributed by atoms with E-state index in [1.807, 2.05) is 20.8 Å². The maximum atomic E-state index is 10.4. The first-order valence-corrected chi connectivity index (χ1v) is 3.77. The predicted octanol–water partition coefficient (Wildman–Crippen LogP) is 1.52. The smallest absolute Gasteiger partial charge is 0.304 e. The lowest BCUT2D eigenvalue weighted by Crippen LogP contribution is -2.39. The first-order valence-electron chi connectivity index (χ1n) is 3.77. The first kappa shape index (κ1) is 14.3. The van der Waals surface area contributed by atoms with E-state index in [0.29, 0.717) is 0 Å². The van der Waals surface area contributed by atoms with Crippen molar-refractivity contribution in [2.75, 3.05) is 7.05 Å². The maximum Gasteiger partial charge on any atom is 0.304 e. The van der Waals surface area contributed by atoms with Gasteiger partial charge in [0.15, 0.2) is 0 Å². The summed E-state index contributed by atoms with van der Waals surface area (Å²) in [5.41, 5.74) is 0.00708. The summed E-state index contributed by atoms with van der Waals surface area (Å²) < 4.78 is 0. The number of nitrogens with one attached hydrogen (secondary N) is 1. The van der Waals surface area contributed by atoms with E-state index < -0.39 is 5.97 Å². The van der Waals surface area contributed by atoms with Crippen molar-refractivity contribution in [2.45, 2.75) is 33.2 Å². The molecule has 74 valence electrons. The van der Waals surface area contributed by atoms with Crippen LogP contribution in [0.3, 0.4) is 0 Å². The summed E-state index contributed by atoms with van der Waals surface area (Å²) in [6.45, 7) is 6.07. The summed E-state index contributed by atoms with van der Waals surface area (Å²) in [5, 5.41) is 11.5. The Morgan fingerprint density at radius 2 is 1.92 bits per heavy atom. The zero-order valence-corrected chi connectivity index (χ0v) is 8.86. The van der Waals surface area contributed by atoms with Crippen LogP contribution in [-0.2, 0) is 4.79 Å². The van der Waals surface area contributed by atoms with Crippen LogP contribution in [-0.4, -0.2) is 24.2 Å². The van der Waals surface area contributed by atoms with Crippen LogP contribution in [0.25, 0.3) is 0 Å². The van der Waals surface area contributed by atoms with Gasteiger partial charge in [0.2, 0.25) is 0 Å². The van der Waals surface area contributed by atoms with Gasteiger partial charge in [0.25, 0.3) is 0 Å². The fourth-order valence-electron chi connectivity index (χ4n) is 1.02. The van der Waals surface area contributed by atoms with E-state index in [2.05, 4.69) is 5.32 Å². The number of carboxylic acids is 1. The monoisotopic (exact) mass is 195 g/mol. The molecule has 0 unspecified atom stereocenters. The summed E-state index contributed by atoms with van der Waals surface area (Å²) in [6.07, 6.45) is 0.181. The van der Waals surface area contributed by atoms with Crippen LogP contribution in [0.5, 0.6) is 0 Å². The molecule has 0 bridgehead atoms. The van der Waals surface area contributed by atoms with Gasteiger partial charge in [-0.25, -0.2) is 0 Å². The minimum Gasteiger partial charge on any atom is -0.481 e. The van der Waals surface area contributed by atoms with Crippen molar-refractivity contribution in [3.8, 4) is 0 Å². The van der Waals surface area contributed by atoms with Gasteiger partial charge in [-0.15, -0.1) is 12.4 Å². The van der Waals surface area contributed by atoms with Crippen LogP contribution in [0.4, 0.5) is 0 Å². The van der Waals surface area contributed by atoms with Gasteiger partial charge in [-0.1, -0.05) is 20.8 Å². The average molecular weight is 196 g/mol. The molecule has 0 aromatic rings. The van der Waals surface area contributed by atoms with Crippen LogP contribution in [0.1, 0.15) is 27.2 Å². The summed E-state index contributed by atoms with van der Waals surface area (Å²) >= 11 is 0. The lowest BCUT2D eigenvalue weighted by Gasteiger charge is -2.28. The maximum absolute atomic E-state index is 10.4. The van der Waals surface area contributed by atoms with Crippen LogP contribution in [0, 0.1) is 5.41 Å². The highest BCUT2D eigenvalue weighted by atomic mass is 35.5. The SMILES string of the molecule is CN[C@@H](CC(=O)O)C(C)(C)C.Cl. The van der Waals surface area contributed by atoms with Crippen molar-refractivity contribution >= 4 is 18.4 Å². The van der Waals surface area contributed by atoms with Crippen LogP contribution < -0.4 is 5.32 Å². The highest BCUT2D eigenvalue weighted by Crippen LogP contribution is 2.21. The molecule has 0 amide bonds. The number of aliphatic carboxylic acids is 1. The van der Waals surface area contributed by atoms with Gasteiger partial charge in [-0.05, 0) is 12.5 Å². The summed E-state index contributed by atoms with van der Waals surface area (Å²) in [6, 6.07) is 0.0417. The summed E-state index contributed by atoms with van der Waals surface area (Å²) in [7, 11) is 1.79. The van der Waals surface area contributed by atoms with E-state index in [-0.39, 0.29) is 30.3 Å². The number of halogens is 1. The topological polar surface area (TPSA) is 49.3 Å². The zero-order valence-electron chi connectivity index (χ0n) is 8.05. The van der Waals surface area contributed by atoms with Gasteiger partial charge in [-0.2, -0.15) is 0 Å². The molecule has 0 saturated carbocycles. The summed E-state index contributed by atoms with van der Waals surface area (Å²) in [5.74, 6) is -0.751. The lowest BCUT2D eigenvalue weighted by atomic mass is 9.85. The number of hydrogen-bond donors (Lipinski definition) is 2. The van der Waals surface area contributed by atoms with Gasteiger partial charge < -0.3 is 10.4 Å². The molecule has 0 aromatic carbocycles. The molecule has 1 atom stereocenters. The van der Waals surface area contributed by atoms with E-state index in [1.165, 1.54) is 0 Å². The molecule has 3 nitrogen and oxygen atoms in total. The highest BCUT2D eigenvalue weighted by Gasteiger charge is 2.24. The minimum absolute atomic E-state index is 0. The highest BCUT2D eigenvalue weighted by molar-refractivity contribution is 5.85. The average Bonchev–Trinajstić information content (AvgIpc) is 1.79. The zero-order chi connectivity index (χ0) is 9.07. The molecular formula is C8H18ClNO2. The van der Waals surface area contributed by atoms with Gasteiger partial charge >= 0.3 is 5.97 Å². The Bertz CT molecular complexity index is 142. The Kier molecular flexibility index (Phi) is 6.39. The summed E-state index contributed by atoms with van der Waals surface area (Å²) in [4.78, 5) is 10.4. The molecule has 0 aliphatic rings. The van der Waals surface area contributed by atoms with Crippen molar-refractivity contribution in [1.29, 1.82) is 0 Å².